The zero-order valence-electron chi connectivity index (χ0n) is 25.0. The number of ether oxygens (including phenoxy) is 6. The van der Waals surface area contributed by atoms with Gasteiger partial charge in [-0.05, 0) is 18.4 Å². The summed E-state index contributed by atoms with van der Waals surface area (Å²) in [5.41, 5.74) is 9.04. The van der Waals surface area contributed by atoms with Gasteiger partial charge in [-0.1, -0.05) is 37.0 Å². The van der Waals surface area contributed by atoms with Crippen molar-refractivity contribution in [2.75, 3.05) is 33.0 Å². The highest BCUT2D eigenvalue weighted by Gasteiger charge is 2.49. The molecule has 6 N–H and O–H groups in total. The summed E-state index contributed by atoms with van der Waals surface area (Å²) < 4.78 is 35.4. The summed E-state index contributed by atoms with van der Waals surface area (Å²) in [5, 5.41) is 73.7. The van der Waals surface area contributed by atoms with Crippen LogP contribution in [0.25, 0.3) is 10.4 Å². The monoisotopic (exact) mass is 634 g/mol. The number of unbranched alkanes of at least 4 members (excludes halogenated alkanes) is 2. The largest absolute Gasteiger partial charge is 0.388 e. The summed E-state index contributed by atoms with van der Waals surface area (Å²) in [5.74, 6) is 0. The van der Waals surface area contributed by atoms with E-state index in [1.807, 2.05) is 0 Å². The Bertz CT molecular complexity index is 990. The maximum atomic E-state index is 10.6. The molecule has 0 spiro atoms. The van der Waals surface area contributed by atoms with E-state index in [0.717, 1.165) is 25.7 Å². The number of aromatic nitrogens is 3. The Labute approximate surface area is 255 Å². The number of aliphatic hydroxyl groups is 6. The fourth-order valence-corrected chi connectivity index (χ4v) is 4.56. The van der Waals surface area contributed by atoms with Crippen molar-refractivity contribution in [3.63, 3.8) is 0 Å². The van der Waals surface area contributed by atoms with Gasteiger partial charge < -0.3 is 59.1 Å². The van der Waals surface area contributed by atoms with Gasteiger partial charge in [-0.25, -0.2) is 4.68 Å². The predicted octanol–water partition coefficient (Wildman–Crippen LogP) is -1.26. The Balaban J connectivity index is 1.58. The summed E-state index contributed by atoms with van der Waals surface area (Å²) in [7, 11) is 0. The molecule has 18 heteroatoms. The highest BCUT2D eigenvalue weighted by Crippen LogP contribution is 2.29. The van der Waals surface area contributed by atoms with E-state index < -0.39 is 61.4 Å². The molecule has 2 aliphatic heterocycles. The lowest BCUT2D eigenvalue weighted by Crippen LogP contribution is -2.63. The molecular weight excluding hydrogens is 588 g/mol. The van der Waals surface area contributed by atoms with Crippen LogP contribution in [0.2, 0.25) is 0 Å². The lowest BCUT2D eigenvalue weighted by atomic mass is 9.97. The Kier molecular flexibility index (Phi) is 15.6. The molecule has 2 aliphatic rings. The normalized spacial score (nSPS) is 32.6. The lowest BCUT2D eigenvalue weighted by molar-refractivity contribution is -0.373. The van der Waals surface area contributed by atoms with E-state index in [9.17, 15) is 30.6 Å². The minimum absolute atomic E-state index is 0.113. The molecule has 0 amide bonds. The van der Waals surface area contributed by atoms with E-state index in [4.69, 9.17) is 34.0 Å². The molecule has 2 saturated heterocycles. The maximum Gasteiger partial charge on any atom is 0.189 e. The van der Waals surface area contributed by atoms with Gasteiger partial charge >= 0.3 is 0 Å². The molecule has 1 aromatic heterocycles. The van der Waals surface area contributed by atoms with E-state index in [-0.39, 0.29) is 25.8 Å². The number of hydrogen-bond acceptors (Lipinski definition) is 15. The molecule has 0 saturated carbocycles. The molecular formula is C26H46N6O12. The average molecular weight is 635 g/mol. The van der Waals surface area contributed by atoms with Crippen molar-refractivity contribution >= 4 is 0 Å². The van der Waals surface area contributed by atoms with Crippen LogP contribution in [-0.4, -0.2) is 146 Å². The topological polar surface area (TPSA) is 256 Å². The van der Waals surface area contributed by atoms with Crippen LogP contribution < -0.4 is 0 Å². The highest BCUT2D eigenvalue weighted by molar-refractivity contribution is 4.95. The molecule has 0 aliphatic carbocycles. The Hall–Kier alpha value is -2.03. The van der Waals surface area contributed by atoms with Gasteiger partial charge in [0.2, 0.25) is 0 Å². The smallest absolute Gasteiger partial charge is 0.189 e. The highest BCUT2D eigenvalue weighted by atomic mass is 16.8. The first-order chi connectivity index (χ1) is 21.2. The third-order valence-electron chi connectivity index (χ3n) is 7.24. The first kappa shape index (κ1) is 36.4. The van der Waals surface area contributed by atoms with Gasteiger partial charge in [0.05, 0.1) is 45.2 Å². The van der Waals surface area contributed by atoms with Crippen molar-refractivity contribution in [3.05, 3.63) is 22.3 Å². The van der Waals surface area contributed by atoms with E-state index >= 15 is 0 Å². The Morgan fingerprint density at radius 3 is 2.02 bits per heavy atom. The van der Waals surface area contributed by atoms with Crippen molar-refractivity contribution in [2.45, 2.75) is 120 Å². The van der Waals surface area contributed by atoms with Gasteiger partial charge in [-0.2, -0.15) is 0 Å². The van der Waals surface area contributed by atoms with E-state index in [1.165, 1.54) is 4.68 Å². The zero-order chi connectivity index (χ0) is 32.1. The molecule has 1 aromatic rings. The summed E-state index contributed by atoms with van der Waals surface area (Å²) >= 11 is 0. The van der Waals surface area contributed by atoms with Crippen LogP contribution in [0.3, 0.4) is 0 Å². The second kappa shape index (κ2) is 18.8. The van der Waals surface area contributed by atoms with Crippen LogP contribution in [0.1, 0.15) is 45.2 Å². The second-order valence-corrected chi connectivity index (χ2v) is 10.8. The van der Waals surface area contributed by atoms with Crippen LogP contribution in [-0.2, 0) is 41.6 Å². The number of azide groups is 1. The van der Waals surface area contributed by atoms with E-state index in [0.29, 0.717) is 32.1 Å². The van der Waals surface area contributed by atoms with Gasteiger partial charge in [-0.3, -0.25) is 0 Å². The van der Waals surface area contributed by atoms with Gasteiger partial charge in [0.1, 0.15) is 54.5 Å². The fraction of sp³-hybridized carbons (Fsp3) is 0.923. The average Bonchev–Trinajstić information content (AvgIpc) is 3.47. The minimum Gasteiger partial charge on any atom is -0.388 e. The van der Waals surface area contributed by atoms with Gasteiger partial charge in [0, 0.05) is 18.1 Å². The Morgan fingerprint density at radius 1 is 0.886 bits per heavy atom. The van der Waals surface area contributed by atoms with E-state index in [1.54, 1.807) is 6.20 Å². The molecule has 3 rings (SSSR count). The van der Waals surface area contributed by atoms with Crippen LogP contribution in [0, 0.1) is 0 Å². The van der Waals surface area contributed by atoms with Gasteiger partial charge in [0.15, 0.2) is 12.6 Å². The second-order valence-electron chi connectivity index (χ2n) is 10.8. The summed E-state index contributed by atoms with van der Waals surface area (Å²) in [4.78, 5) is 2.58. The van der Waals surface area contributed by atoms with E-state index in [2.05, 4.69) is 34.2 Å². The maximum absolute atomic E-state index is 10.6. The fourth-order valence-electron chi connectivity index (χ4n) is 4.56. The molecule has 6 unspecified atom stereocenters. The molecule has 0 aromatic carbocycles. The molecule has 44 heavy (non-hydrogen) atoms. The lowest BCUT2D eigenvalue weighted by Gasteiger charge is -2.44. The molecule has 0 radical (unpaired) electrons. The number of nitrogens with zero attached hydrogens (tertiary/aromatic N) is 6. The third kappa shape index (κ3) is 10.5. The van der Waals surface area contributed by atoms with Gasteiger partial charge in [-0.15, -0.1) is 5.10 Å². The first-order valence-corrected chi connectivity index (χ1v) is 14.9. The molecule has 2 fully saturated rings. The minimum atomic E-state index is -1.78. The van der Waals surface area contributed by atoms with Crippen molar-refractivity contribution in [1.82, 2.24) is 15.0 Å². The standard InChI is InChI=1S/C26H46N6O12/c1-3-5-7-39-13-16(14-40-8-6-4-2)41-12-15-10-32(31-29-15)11-18-20(34)22(36)24(38)26(43-18)44-25-23(37)21(35)19(33)17(42-25)9-28-30-27/h10,16-26,33-38H,3-9,11-14H2,1-2H3/t17?,18?,19-,20-,21?,22?,23?,24?,25-,26-/m1/s1. The van der Waals surface area contributed by atoms with Crippen LogP contribution in [0.15, 0.2) is 11.3 Å². The van der Waals surface area contributed by atoms with Crippen molar-refractivity contribution < 1.29 is 59.1 Å². The van der Waals surface area contributed by atoms with Crippen LogP contribution in [0.5, 0.6) is 0 Å². The van der Waals surface area contributed by atoms with Gasteiger partial charge in [0.25, 0.3) is 0 Å². The zero-order valence-corrected chi connectivity index (χ0v) is 25.0. The van der Waals surface area contributed by atoms with Crippen LogP contribution in [0.4, 0.5) is 0 Å². The predicted molar refractivity (Wildman–Crippen MR) is 149 cm³/mol. The third-order valence-corrected chi connectivity index (χ3v) is 7.24. The molecule has 10 atom stereocenters. The number of rotatable bonds is 19. The summed E-state index contributed by atoms with van der Waals surface area (Å²) in [6.07, 6.45) is -10.6. The van der Waals surface area contributed by atoms with Crippen molar-refractivity contribution in [1.29, 1.82) is 0 Å². The SMILES string of the molecule is CCCCOCC(COCCCC)OCc1cn(CC2O[C@H](O[C@H]3OC(CN=[N+]=[N-])[C@@H](O)C(O)C3O)C(O)C(O)[C@@H]2O)nn1. The van der Waals surface area contributed by atoms with Crippen LogP contribution >= 0.6 is 0 Å². The number of hydrogen-bond donors (Lipinski definition) is 6. The first-order valence-electron chi connectivity index (χ1n) is 14.9. The molecule has 252 valence electrons. The number of aliphatic hydroxyl groups excluding tert-OH is 6. The molecule has 18 nitrogen and oxygen atoms in total. The summed E-state index contributed by atoms with van der Waals surface area (Å²) in [6.45, 7) is 5.77. The summed E-state index contributed by atoms with van der Waals surface area (Å²) in [6, 6.07) is 0. The van der Waals surface area contributed by atoms with Crippen molar-refractivity contribution in [2.24, 2.45) is 5.11 Å². The molecule has 3 heterocycles. The quantitative estimate of drug-likeness (QED) is 0.0449. The van der Waals surface area contributed by atoms with Crippen molar-refractivity contribution in [3.8, 4) is 0 Å². The Morgan fingerprint density at radius 2 is 1.45 bits per heavy atom. The molecule has 0 bridgehead atoms.